The zero-order valence-corrected chi connectivity index (χ0v) is 20.8. The number of nitrogens with one attached hydrogen (secondary N) is 2. The van der Waals surface area contributed by atoms with Crippen LogP contribution in [0.15, 0.2) is 121 Å². The summed E-state index contributed by atoms with van der Waals surface area (Å²) in [6.07, 6.45) is 4.85. The molecule has 0 heterocycles. The molecule has 0 aromatic heterocycles. The molecule has 0 bridgehead atoms. The maximum absolute atomic E-state index is 13.2. The van der Waals surface area contributed by atoms with Gasteiger partial charge < -0.3 is 15.4 Å². The van der Waals surface area contributed by atoms with E-state index in [1.165, 1.54) is 6.08 Å². The Hall–Kier alpha value is -5.23. The van der Waals surface area contributed by atoms with Crippen LogP contribution >= 0.6 is 0 Å². The zero-order valence-electron chi connectivity index (χ0n) is 20.8. The van der Waals surface area contributed by atoms with Crippen LogP contribution in [0.25, 0.3) is 12.2 Å². The minimum atomic E-state index is -0.506. The highest BCUT2D eigenvalue weighted by molar-refractivity contribution is 6.11. The second kappa shape index (κ2) is 12.6. The minimum absolute atomic E-state index is 0.0648. The molecule has 188 valence electrons. The highest BCUT2D eigenvalue weighted by atomic mass is 16.5. The molecule has 38 heavy (non-hydrogen) atoms. The first-order valence-electron chi connectivity index (χ1n) is 11.9. The van der Waals surface area contributed by atoms with Crippen molar-refractivity contribution in [2.45, 2.75) is 0 Å². The quantitative estimate of drug-likeness (QED) is 0.217. The molecule has 0 aliphatic carbocycles. The van der Waals surface area contributed by atoms with E-state index in [4.69, 9.17) is 4.74 Å². The van der Waals surface area contributed by atoms with Gasteiger partial charge in [0.05, 0.1) is 7.11 Å². The molecule has 0 aliphatic heterocycles. The maximum atomic E-state index is 13.2. The van der Waals surface area contributed by atoms with E-state index in [0.29, 0.717) is 28.1 Å². The molecule has 4 aromatic carbocycles. The van der Waals surface area contributed by atoms with Crippen molar-refractivity contribution in [2.75, 3.05) is 12.4 Å². The Balaban J connectivity index is 1.50. The highest BCUT2D eigenvalue weighted by Crippen LogP contribution is 2.16. The molecule has 4 rings (SSSR count). The summed E-state index contributed by atoms with van der Waals surface area (Å²) < 4.78 is 5.19. The highest BCUT2D eigenvalue weighted by Gasteiger charge is 2.15. The summed E-state index contributed by atoms with van der Waals surface area (Å²) in [5.74, 6) is -0.392. The summed E-state index contributed by atoms with van der Waals surface area (Å²) in [4.78, 5) is 38.5. The number of rotatable bonds is 9. The first-order chi connectivity index (χ1) is 18.5. The van der Waals surface area contributed by atoms with E-state index < -0.39 is 11.8 Å². The van der Waals surface area contributed by atoms with Gasteiger partial charge in [-0.15, -0.1) is 0 Å². The minimum Gasteiger partial charge on any atom is -0.497 e. The van der Waals surface area contributed by atoms with Crippen molar-refractivity contribution < 1.29 is 19.1 Å². The fourth-order valence-electron chi connectivity index (χ4n) is 3.56. The summed E-state index contributed by atoms with van der Waals surface area (Å²) in [5.41, 5.74) is 3.09. The molecule has 2 N–H and O–H groups in total. The third-order valence-corrected chi connectivity index (χ3v) is 5.61. The SMILES string of the molecule is COc1ccc(/C=C(\NC(=O)c2ccccc2)C(=O)Nc2ccc(C(=O)/C=C/c3ccccc3)cc2)cc1. The summed E-state index contributed by atoms with van der Waals surface area (Å²) in [7, 11) is 1.57. The fraction of sp³-hybridized carbons (Fsp3) is 0.0312. The molecule has 2 amide bonds. The molecule has 0 spiro atoms. The Bertz CT molecular complexity index is 1460. The lowest BCUT2D eigenvalue weighted by molar-refractivity contribution is -0.113. The predicted octanol–water partition coefficient (Wildman–Crippen LogP) is 6.00. The van der Waals surface area contributed by atoms with Crippen LogP contribution in [0.2, 0.25) is 0 Å². The van der Waals surface area contributed by atoms with Crippen molar-refractivity contribution in [3.05, 3.63) is 143 Å². The van der Waals surface area contributed by atoms with E-state index in [2.05, 4.69) is 10.6 Å². The second-order valence-electron chi connectivity index (χ2n) is 8.29. The molecule has 4 aromatic rings. The lowest BCUT2D eigenvalue weighted by Crippen LogP contribution is -2.30. The summed E-state index contributed by atoms with van der Waals surface area (Å²) >= 11 is 0. The Morgan fingerprint density at radius 3 is 1.95 bits per heavy atom. The van der Waals surface area contributed by atoms with Gasteiger partial charge in [-0.3, -0.25) is 14.4 Å². The van der Waals surface area contributed by atoms with Gasteiger partial charge in [0.2, 0.25) is 0 Å². The van der Waals surface area contributed by atoms with Crippen LogP contribution in [0.5, 0.6) is 5.75 Å². The number of hydrogen-bond donors (Lipinski definition) is 2. The summed E-state index contributed by atoms with van der Waals surface area (Å²) in [5, 5.41) is 5.50. The normalized spacial score (nSPS) is 11.1. The van der Waals surface area contributed by atoms with Gasteiger partial charge in [-0.1, -0.05) is 66.7 Å². The topological polar surface area (TPSA) is 84.5 Å². The van der Waals surface area contributed by atoms with Gasteiger partial charge >= 0.3 is 0 Å². The van der Waals surface area contributed by atoms with E-state index in [0.717, 1.165) is 5.56 Å². The largest absolute Gasteiger partial charge is 0.497 e. The number of anilines is 1. The molecule has 0 radical (unpaired) electrons. The fourth-order valence-corrected chi connectivity index (χ4v) is 3.56. The van der Waals surface area contributed by atoms with Crippen LogP contribution < -0.4 is 15.4 Å². The Kier molecular flexibility index (Phi) is 8.60. The van der Waals surface area contributed by atoms with Crippen LogP contribution in [0, 0.1) is 0 Å². The van der Waals surface area contributed by atoms with Crippen LogP contribution in [-0.2, 0) is 4.79 Å². The number of carbonyl (C=O) groups excluding carboxylic acids is 3. The van der Waals surface area contributed by atoms with Gasteiger partial charge in [0.1, 0.15) is 11.4 Å². The van der Waals surface area contributed by atoms with Gasteiger partial charge in [-0.05, 0) is 71.8 Å². The number of ketones is 1. The predicted molar refractivity (Wildman–Crippen MR) is 150 cm³/mol. The van der Waals surface area contributed by atoms with Crippen molar-refractivity contribution in [3.63, 3.8) is 0 Å². The van der Waals surface area contributed by atoms with Gasteiger partial charge in [-0.25, -0.2) is 0 Å². The number of methoxy groups -OCH3 is 1. The van der Waals surface area contributed by atoms with E-state index >= 15 is 0 Å². The molecule has 6 nitrogen and oxygen atoms in total. The lowest BCUT2D eigenvalue weighted by atomic mass is 10.1. The van der Waals surface area contributed by atoms with Crippen LogP contribution in [0.3, 0.4) is 0 Å². The first kappa shape index (κ1) is 25.9. The smallest absolute Gasteiger partial charge is 0.272 e. The van der Waals surface area contributed by atoms with Gasteiger partial charge in [0, 0.05) is 16.8 Å². The molecule has 0 fully saturated rings. The first-order valence-corrected chi connectivity index (χ1v) is 11.9. The number of ether oxygens (including phenoxy) is 1. The summed E-state index contributed by atoms with van der Waals surface area (Å²) in [6, 6.07) is 31.9. The molecule has 0 saturated carbocycles. The Labute approximate surface area is 221 Å². The third kappa shape index (κ3) is 7.15. The molecular formula is C32H26N2O4. The van der Waals surface area contributed by atoms with Crippen LogP contribution in [-0.4, -0.2) is 24.7 Å². The standard InChI is InChI=1S/C32H26N2O4/c1-38-28-19-12-24(13-20-28)22-29(34-31(36)26-10-6-3-7-11-26)32(37)33-27-17-15-25(16-18-27)30(35)21-14-23-8-4-2-5-9-23/h2-22H,1H3,(H,33,37)(H,34,36)/b21-14+,29-22-. The summed E-state index contributed by atoms with van der Waals surface area (Å²) in [6.45, 7) is 0. The van der Waals surface area contributed by atoms with Crippen LogP contribution in [0.4, 0.5) is 5.69 Å². The number of hydrogen-bond acceptors (Lipinski definition) is 4. The maximum Gasteiger partial charge on any atom is 0.272 e. The molecule has 6 heteroatoms. The van der Waals surface area contributed by atoms with Crippen molar-refractivity contribution in [1.82, 2.24) is 5.32 Å². The zero-order chi connectivity index (χ0) is 26.7. The molecule has 0 unspecified atom stereocenters. The van der Waals surface area contributed by atoms with Gasteiger partial charge in [0.15, 0.2) is 5.78 Å². The van der Waals surface area contributed by atoms with E-state index in [1.807, 2.05) is 36.4 Å². The van der Waals surface area contributed by atoms with Crippen molar-refractivity contribution in [3.8, 4) is 5.75 Å². The van der Waals surface area contributed by atoms with Gasteiger partial charge in [0.25, 0.3) is 11.8 Å². The van der Waals surface area contributed by atoms with Crippen LogP contribution in [0.1, 0.15) is 31.8 Å². The average molecular weight is 503 g/mol. The lowest BCUT2D eigenvalue weighted by Gasteiger charge is -2.12. The molecular weight excluding hydrogens is 476 g/mol. The average Bonchev–Trinajstić information content (AvgIpc) is 2.97. The third-order valence-electron chi connectivity index (χ3n) is 5.61. The van der Waals surface area contributed by atoms with Crippen molar-refractivity contribution in [1.29, 1.82) is 0 Å². The Morgan fingerprint density at radius 1 is 0.684 bits per heavy atom. The number of amides is 2. The van der Waals surface area contributed by atoms with E-state index in [1.54, 1.807) is 92.1 Å². The molecule has 0 aliphatic rings. The number of benzene rings is 4. The van der Waals surface area contributed by atoms with Gasteiger partial charge in [-0.2, -0.15) is 0 Å². The monoisotopic (exact) mass is 502 g/mol. The Morgan fingerprint density at radius 2 is 1.32 bits per heavy atom. The molecule has 0 saturated heterocycles. The van der Waals surface area contributed by atoms with E-state index in [-0.39, 0.29) is 11.5 Å². The number of carbonyl (C=O) groups is 3. The van der Waals surface area contributed by atoms with Crippen molar-refractivity contribution >= 4 is 35.4 Å². The van der Waals surface area contributed by atoms with E-state index in [9.17, 15) is 14.4 Å². The molecule has 0 atom stereocenters. The van der Waals surface area contributed by atoms with Crippen molar-refractivity contribution in [2.24, 2.45) is 0 Å². The number of allylic oxidation sites excluding steroid dienone is 1. The second-order valence-corrected chi connectivity index (χ2v) is 8.29.